The third-order valence-corrected chi connectivity index (χ3v) is 7.50. The van der Waals surface area contributed by atoms with Gasteiger partial charge in [0.1, 0.15) is 17.8 Å². The highest BCUT2D eigenvalue weighted by Crippen LogP contribution is 2.30. The van der Waals surface area contributed by atoms with E-state index >= 15 is 0 Å². The van der Waals surface area contributed by atoms with E-state index in [0.717, 1.165) is 50.4 Å². The summed E-state index contributed by atoms with van der Waals surface area (Å²) < 4.78 is 30.1. The fourth-order valence-electron chi connectivity index (χ4n) is 4.19. The quantitative estimate of drug-likeness (QED) is 0.527. The van der Waals surface area contributed by atoms with Gasteiger partial charge < -0.3 is 5.32 Å². The first-order valence-electron chi connectivity index (χ1n) is 10.3. The van der Waals surface area contributed by atoms with E-state index in [4.69, 9.17) is 0 Å². The lowest BCUT2D eigenvalue weighted by Gasteiger charge is -2.27. The maximum Gasteiger partial charge on any atom is 0.293 e. The molecule has 0 bridgehead atoms. The van der Waals surface area contributed by atoms with Crippen LogP contribution >= 0.6 is 0 Å². The second kappa shape index (κ2) is 8.31. The van der Waals surface area contributed by atoms with Gasteiger partial charge >= 0.3 is 0 Å². The number of sulfonamides is 1. The Bertz CT molecular complexity index is 1030. The largest absolute Gasteiger partial charge is 0.375 e. The van der Waals surface area contributed by atoms with Crippen molar-refractivity contribution in [2.24, 2.45) is 5.92 Å². The van der Waals surface area contributed by atoms with Crippen LogP contribution in [0.5, 0.6) is 0 Å². The molecule has 1 aromatic carbocycles. The number of benzene rings is 1. The molecule has 0 amide bonds. The summed E-state index contributed by atoms with van der Waals surface area (Å²) in [5.41, 5.74) is 0.0542. The first-order valence-corrected chi connectivity index (χ1v) is 11.7. The van der Waals surface area contributed by atoms with Crippen LogP contribution in [0.2, 0.25) is 0 Å². The highest BCUT2D eigenvalue weighted by Gasteiger charge is 2.28. The molecule has 0 saturated heterocycles. The minimum Gasteiger partial charge on any atom is -0.375 e. The molecule has 1 atom stereocenters. The number of anilines is 1. The molecule has 2 aliphatic rings. The number of nitro benzene ring substituents is 1. The number of fused-ring (bicyclic) bond motifs is 1. The summed E-state index contributed by atoms with van der Waals surface area (Å²) >= 11 is 0. The second-order valence-corrected chi connectivity index (χ2v) is 9.97. The minimum atomic E-state index is -3.82. The normalized spacial score (nSPS) is 24.2. The zero-order chi connectivity index (χ0) is 21.3. The van der Waals surface area contributed by atoms with Gasteiger partial charge in [-0.15, -0.1) is 0 Å². The number of aromatic nitrogens is 3. The molecule has 2 heterocycles. The molecule has 2 N–H and O–H groups in total. The Morgan fingerprint density at radius 3 is 2.67 bits per heavy atom. The molecule has 0 radical (unpaired) electrons. The van der Waals surface area contributed by atoms with E-state index in [9.17, 15) is 18.5 Å². The van der Waals surface area contributed by atoms with Gasteiger partial charge in [-0.2, -0.15) is 5.10 Å². The number of aryl methyl sites for hydroxylation is 1. The molecule has 4 rings (SSSR count). The van der Waals surface area contributed by atoms with Crippen LogP contribution in [0.25, 0.3) is 0 Å². The summed E-state index contributed by atoms with van der Waals surface area (Å²) in [4.78, 5) is 15.2. The van der Waals surface area contributed by atoms with Crippen LogP contribution in [-0.4, -0.2) is 40.2 Å². The van der Waals surface area contributed by atoms with Gasteiger partial charge in [0.2, 0.25) is 10.0 Å². The van der Waals surface area contributed by atoms with Crippen molar-refractivity contribution in [1.82, 2.24) is 19.5 Å². The molecule has 1 fully saturated rings. The number of nitro groups is 1. The van der Waals surface area contributed by atoms with Crippen LogP contribution in [0, 0.1) is 16.0 Å². The zero-order valence-electron chi connectivity index (χ0n) is 16.8. The highest BCUT2D eigenvalue weighted by molar-refractivity contribution is 7.89. The second-order valence-electron chi connectivity index (χ2n) is 8.25. The third kappa shape index (κ3) is 4.46. The Morgan fingerprint density at radius 1 is 1.17 bits per heavy atom. The van der Waals surface area contributed by atoms with E-state index in [1.54, 1.807) is 4.68 Å². The molecule has 10 nitrogen and oxygen atoms in total. The Morgan fingerprint density at radius 2 is 1.93 bits per heavy atom. The highest BCUT2D eigenvalue weighted by atomic mass is 32.2. The fourth-order valence-corrected chi connectivity index (χ4v) is 5.52. The minimum absolute atomic E-state index is 0.0530. The monoisotopic (exact) mass is 434 g/mol. The molecular formula is C19H26N6O4S. The van der Waals surface area contributed by atoms with Gasteiger partial charge in [0.05, 0.1) is 16.4 Å². The number of nitrogens with zero attached hydrogens (tertiary/aromatic N) is 4. The van der Waals surface area contributed by atoms with Crippen LogP contribution in [0.1, 0.15) is 44.9 Å². The van der Waals surface area contributed by atoms with Gasteiger partial charge in [-0.3, -0.25) is 10.1 Å². The third-order valence-electron chi connectivity index (χ3n) is 5.98. The number of hydrogen-bond acceptors (Lipinski definition) is 7. The maximum absolute atomic E-state index is 12.8. The number of rotatable bonds is 6. The average molecular weight is 435 g/mol. The maximum atomic E-state index is 12.8. The van der Waals surface area contributed by atoms with Crippen molar-refractivity contribution in [2.45, 2.75) is 69.0 Å². The molecule has 162 valence electrons. The molecular weight excluding hydrogens is 408 g/mol. The summed E-state index contributed by atoms with van der Waals surface area (Å²) in [6, 6.07) is 3.86. The van der Waals surface area contributed by atoms with Crippen molar-refractivity contribution in [3.05, 3.63) is 40.5 Å². The first kappa shape index (κ1) is 20.7. The van der Waals surface area contributed by atoms with Crippen LogP contribution in [-0.2, 0) is 23.0 Å². The number of hydrogen-bond donors (Lipinski definition) is 2. The van der Waals surface area contributed by atoms with Gasteiger partial charge in [0.15, 0.2) is 0 Å². The van der Waals surface area contributed by atoms with Crippen molar-refractivity contribution in [1.29, 1.82) is 0 Å². The van der Waals surface area contributed by atoms with Gasteiger partial charge in [0.25, 0.3) is 5.69 Å². The predicted molar refractivity (Wildman–Crippen MR) is 111 cm³/mol. The van der Waals surface area contributed by atoms with E-state index in [-0.39, 0.29) is 22.7 Å². The fraction of sp³-hybridized carbons (Fsp3) is 0.579. The topological polar surface area (TPSA) is 132 Å². The summed E-state index contributed by atoms with van der Waals surface area (Å²) in [6.07, 6.45) is 6.51. The van der Waals surface area contributed by atoms with Crippen LogP contribution in [0.4, 0.5) is 11.4 Å². The van der Waals surface area contributed by atoms with E-state index in [0.29, 0.717) is 18.2 Å². The van der Waals surface area contributed by atoms with Crippen molar-refractivity contribution in [2.75, 3.05) is 5.32 Å². The Labute approximate surface area is 175 Å². The van der Waals surface area contributed by atoms with Gasteiger partial charge in [-0.05, 0) is 50.2 Å². The van der Waals surface area contributed by atoms with Crippen molar-refractivity contribution >= 4 is 21.4 Å². The zero-order valence-corrected chi connectivity index (χ0v) is 17.6. The molecule has 2 aromatic rings. The van der Waals surface area contributed by atoms with Crippen molar-refractivity contribution in [3.63, 3.8) is 0 Å². The Balaban J connectivity index is 1.51. The molecule has 30 heavy (non-hydrogen) atoms. The summed E-state index contributed by atoms with van der Waals surface area (Å²) in [6.45, 7) is 2.71. The lowest BCUT2D eigenvalue weighted by atomic mass is 9.88. The molecule has 1 unspecified atom stereocenters. The summed E-state index contributed by atoms with van der Waals surface area (Å²) in [7, 11) is -3.82. The van der Waals surface area contributed by atoms with Crippen LogP contribution in [0.3, 0.4) is 0 Å². The average Bonchev–Trinajstić information content (AvgIpc) is 3.17. The van der Waals surface area contributed by atoms with E-state index < -0.39 is 14.9 Å². The van der Waals surface area contributed by atoms with Gasteiger partial charge in [0, 0.05) is 24.6 Å². The lowest BCUT2D eigenvalue weighted by Crippen LogP contribution is -2.37. The SMILES string of the molecule is CC1CCC(NS(=O)(=O)c2ccc(NC3CCc4ncnn4C3)c([N+](=O)[O-])c2)CC1. The molecule has 1 saturated carbocycles. The Hall–Kier alpha value is -2.53. The van der Waals surface area contributed by atoms with Gasteiger partial charge in [-0.1, -0.05) is 6.92 Å². The Kier molecular flexibility index (Phi) is 5.74. The van der Waals surface area contributed by atoms with Crippen LogP contribution in [0.15, 0.2) is 29.4 Å². The number of nitrogens with one attached hydrogen (secondary N) is 2. The summed E-state index contributed by atoms with van der Waals surface area (Å²) in [5, 5.41) is 19.0. The molecule has 1 aliphatic carbocycles. The first-order chi connectivity index (χ1) is 14.3. The lowest BCUT2D eigenvalue weighted by molar-refractivity contribution is -0.384. The van der Waals surface area contributed by atoms with Gasteiger partial charge in [-0.25, -0.2) is 22.8 Å². The summed E-state index contributed by atoms with van der Waals surface area (Å²) in [5.74, 6) is 1.50. The molecule has 1 aromatic heterocycles. The molecule has 0 spiro atoms. The molecule has 1 aliphatic heterocycles. The van der Waals surface area contributed by atoms with Crippen molar-refractivity contribution in [3.8, 4) is 0 Å². The van der Waals surface area contributed by atoms with E-state index in [2.05, 4.69) is 27.0 Å². The standard InChI is InChI=1S/C19H26N6O4S/c1-13-2-4-14(5-3-13)23-30(28,29)16-7-8-17(18(10-16)25(26)27)22-15-6-9-19-20-12-21-24(19)11-15/h7-8,10,12-15,22-23H,2-6,9,11H2,1H3. The predicted octanol–water partition coefficient (Wildman–Crippen LogP) is 2.47. The van der Waals surface area contributed by atoms with E-state index in [1.165, 1.54) is 18.5 Å². The molecule has 11 heteroatoms. The van der Waals surface area contributed by atoms with E-state index in [1.807, 2.05) is 0 Å². The van der Waals surface area contributed by atoms with Crippen molar-refractivity contribution < 1.29 is 13.3 Å². The van der Waals surface area contributed by atoms with Crippen LogP contribution < -0.4 is 10.0 Å². The smallest absolute Gasteiger partial charge is 0.293 e.